The monoisotopic (exact) mass is 669 g/mol. The molecule has 0 amide bonds. The Kier molecular flexibility index (Phi) is 9.31. The number of carbonyl (C=O) groups excluding carboxylic acids is 1. The van der Waals surface area contributed by atoms with E-state index in [1.54, 1.807) is 12.3 Å². The number of aliphatic carboxylic acids is 1. The smallest absolute Gasteiger partial charge is 0.338 e. The summed E-state index contributed by atoms with van der Waals surface area (Å²) in [5.74, 6) is -7.24. The average Bonchev–Trinajstić information content (AvgIpc) is 3.70. The second kappa shape index (κ2) is 12.6. The summed E-state index contributed by atoms with van der Waals surface area (Å²) >= 11 is 1.26. The third-order valence-electron chi connectivity index (χ3n) is 8.78. The van der Waals surface area contributed by atoms with E-state index < -0.39 is 65.7 Å². The number of halogens is 4. The number of hydroxylamine groups is 2. The van der Waals surface area contributed by atoms with Gasteiger partial charge in [0.15, 0.2) is 22.5 Å². The molecule has 0 unspecified atom stereocenters. The number of aromatic nitrogens is 1. The van der Waals surface area contributed by atoms with Crippen LogP contribution in [0.2, 0.25) is 0 Å². The van der Waals surface area contributed by atoms with E-state index >= 15 is 8.78 Å². The van der Waals surface area contributed by atoms with Crippen LogP contribution in [0.3, 0.4) is 0 Å². The highest BCUT2D eigenvalue weighted by Crippen LogP contribution is 2.43. The zero-order valence-corrected chi connectivity index (χ0v) is 26.9. The molecule has 250 valence electrons. The number of ether oxygens (including phenoxy) is 2. The van der Waals surface area contributed by atoms with Gasteiger partial charge in [-0.2, -0.15) is 5.06 Å². The molecule has 2 saturated heterocycles. The maximum Gasteiger partial charge on any atom is 0.338 e. The SMILES string of the molecule is COC(=O)C1=C(CN2CC(F)(F)[C@H]3[C@@H]2CON3C[C@H](OC)C(C)(C)C(=O)O)NC(c2nc(C)cs2)=N[C@H]1c1ccc(F)c(F)c1C. The fraction of sp³-hybridized carbons (Fsp3) is 0.533. The molecule has 0 saturated carbocycles. The number of nitrogens with one attached hydrogen (secondary N) is 1. The molecule has 1 aromatic carbocycles. The van der Waals surface area contributed by atoms with Gasteiger partial charge >= 0.3 is 11.9 Å². The summed E-state index contributed by atoms with van der Waals surface area (Å²) in [5.41, 5.74) is -0.465. The fourth-order valence-corrected chi connectivity index (χ4v) is 6.83. The van der Waals surface area contributed by atoms with Crippen LogP contribution < -0.4 is 5.32 Å². The van der Waals surface area contributed by atoms with E-state index in [0.29, 0.717) is 10.7 Å². The molecular formula is C30H35F4N5O6S. The lowest BCUT2D eigenvalue weighted by molar-refractivity contribution is -0.205. The molecule has 4 heterocycles. The highest BCUT2D eigenvalue weighted by molar-refractivity contribution is 7.11. The van der Waals surface area contributed by atoms with Crippen molar-refractivity contribution in [3.8, 4) is 0 Å². The molecule has 0 spiro atoms. The molecule has 0 radical (unpaired) electrons. The number of carboxylic acids is 1. The maximum absolute atomic E-state index is 15.7. The topological polar surface area (TPSA) is 126 Å². The largest absolute Gasteiger partial charge is 0.481 e. The number of aryl methyl sites for hydroxylation is 1. The summed E-state index contributed by atoms with van der Waals surface area (Å²) in [5, 5.41) is 16.1. The van der Waals surface area contributed by atoms with Crippen molar-refractivity contribution in [2.45, 2.75) is 57.8 Å². The molecule has 2 N–H and O–H groups in total. The number of alkyl halides is 2. The number of thiazole rings is 1. The summed E-state index contributed by atoms with van der Waals surface area (Å²) in [6.45, 7) is 4.74. The molecule has 3 aliphatic rings. The third kappa shape index (κ3) is 6.03. The Morgan fingerprint density at radius 1 is 1.26 bits per heavy atom. The van der Waals surface area contributed by atoms with Crippen LogP contribution in [-0.4, -0.2) is 102 Å². The van der Waals surface area contributed by atoms with Gasteiger partial charge in [0, 0.05) is 30.4 Å². The molecule has 0 bridgehead atoms. The van der Waals surface area contributed by atoms with Gasteiger partial charge in [-0.1, -0.05) is 6.07 Å². The number of hydrogen-bond acceptors (Lipinski definition) is 11. The summed E-state index contributed by atoms with van der Waals surface area (Å²) in [6, 6.07) is -1.21. The maximum atomic E-state index is 15.7. The zero-order chi connectivity index (χ0) is 33.7. The highest BCUT2D eigenvalue weighted by atomic mass is 32.1. The number of aliphatic imine (C=N–C) groups is 1. The Hall–Kier alpha value is -3.44. The van der Waals surface area contributed by atoms with E-state index in [0.717, 1.165) is 18.2 Å². The normalized spacial score (nSPS) is 24.0. The van der Waals surface area contributed by atoms with Gasteiger partial charge < -0.3 is 19.9 Å². The summed E-state index contributed by atoms with van der Waals surface area (Å²) in [6.07, 6.45) is -0.970. The van der Waals surface area contributed by atoms with E-state index in [9.17, 15) is 23.5 Å². The quantitative estimate of drug-likeness (QED) is 0.286. The van der Waals surface area contributed by atoms with Crippen LogP contribution >= 0.6 is 11.3 Å². The molecule has 5 rings (SSSR count). The van der Waals surface area contributed by atoms with E-state index in [4.69, 9.17) is 14.3 Å². The summed E-state index contributed by atoms with van der Waals surface area (Å²) in [4.78, 5) is 41.5. The summed E-state index contributed by atoms with van der Waals surface area (Å²) < 4.78 is 70.9. The van der Waals surface area contributed by atoms with Crippen LogP contribution in [0.1, 0.15) is 41.7 Å². The van der Waals surface area contributed by atoms with Crippen LogP contribution in [0.15, 0.2) is 33.8 Å². The van der Waals surface area contributed by atoms with Gasteiger partial charge in [-0.25, -0.2) is 27.3 Å². The molecule has 3 aliphatic heterocycles. The number of esters is 1. The molecular weight excluding hydrogens is 634 g/mol. The predicted octanol–water partition coefficient (Wildman–Crippen LogP) is 3.62. The van der Waals surface area contributed by atoms with Gasteiger partial charge in [0.2, 0.25) is 0 Å². The van der Waals surface area contributed by atoms with Crippen molar-refractivity contribution < 1.29 is 46.6 Å². The number of benzene rings is 1. The minimum atomic E-state index is -3.30. The first-order valence-electron chi connectivity index (χ1n) is 14.4. The first-order valence-corrected chi connectivity index (χ1v) is 15.3. The number of hydrogen-bond donors (Lipinski definition) is 2. The first kappa shape index (κ1) is 33.9. The Balaban J connectivity index is 1.53. The van der Waals surface area contributed by atoms with Crippen molar-refractivity contribution in [1.82, 2.24) is 20.3 Å². The lowest BCUT2D eigenvalue weighted by atomic mass is 9.86. The van der Waals surface area contributed by atoms with E-state index in [-0.39, 0.29) is 47.9 Å². The second-order valence-corrected chi connectivity index (χ2v) is 12.9. The minimum absolute atomic E-state index is 0.0566. The van der Waals surface area contributed by atoms with Crippen molar-refractivity contribution in [2.24, 2.45) is 10.4 Å². The lowest BCUT2D eigenvalue weighted by Crippen LogP contribution is -2.51. The van der Waals surface area contributed by atoms with E-state index in [2.05, 4.69) is 15.3 Å². The molecule has 2 aromatic rings. The van der Waals surface area contributed by atoms with Crippen molar-refractivity contribution in [3.05, 3.63) is 62.2 Å². The van der Waals surface area contributed by atoms with Crippen LogP contribution in [0.25, 0.3) is 0 Å². The number of rotatable bonds is 10. The number of methoxy groups -OCH3 is 2. The average molecular weight is 670 g/mol. The third-order valence-corrected chi connectivity index (χ3v) is 9.74. The van der Waals surface area contributed by atoms with Crippen LogP contribution in [0.5, 0.6) is 0 Å². The molecule has 2 fully saturated rings. The second-order valence-electron chi connectivity index (χ2n) is 12.1. The fourth-order valence-electron chi connectivity index (χ4n) is 6.09. The van der Waals surface area contributed by atoms with Crippen molar-refractivity contribution in [2.75, 3.05) is 40.5 Å². The van der Waals surface area contributed by atoms with Gasteiger partial charge in [0.25, 0.3) is 5.92 Å². The molecule has 1 aromatic heterocycles. The molecule has 0 aliphatic carbocycles. The number of nitrogens with zero attached hydrogens (tertiary/aromatic N) is 4. The number of likely N-dealkylation sites (tertiary alicyclic amines) is 1. The Morgan fingerprint density at radius 2 is 1.98 bits per heavy atom. The standard InChI is InChI=1S/C30H35F4N5O6S/c1-14-12-46-26(35-14)25-36-18(21(27(40)44-6)23(37-25)16-7-8-17(31)22(32)15(16)2)9-38-13-30(33,34)24-19(38)11-45-39(24)10-20(43-5)29(3,4)28(41)42/h7-8,12,19-20,23-24H,9-11,13H2,1-6H3,(H,36,37)(H,41,42)/t19-,20-,23-,24+/m0/s1. The van der Waals surface area contributed by atoms with E-state index in [1.165, 1.54) is 50.2 Å². The molecule has 46 heavy (non-hydrogen) atoms. The van der Waals surface area contributed by atoms with Crippen molar-refractivity contribution in [1.29, 1.82) is 0 Å². The predicted molar refractivity (Wildman–Crippen MR) is 158 cm³/mol. The number of carboxylic acid groups (broad SMARTS) is 1. The Bertz CT molecular complexity index is 1600. The van der Waals surface area contributed by atoms with Crippen LogP contribution in [0.4, 0.5) is 17.6 Å². The molecule has 16 heteroatoms. The number of carbonyl (C=O) groups is 2. The zero-order valence-electron chi connectivity index (χ0n) is 26.1. The first-order chi connectivity index (χ1) is 21.6. The van der Waals surface area contributed by atoms with Crippen molar-refractivity contribution >= 4 is 29.1 Å². The lowest BCUT2D eigenvalue weighted by Gasteiger charge is -2.34. The van der Waals surface area contributed by atoms with Gasteiger partial charge in [0.05, 0.1) is 49.9 Å². The van der Waals surface area contributed by atoms with Gasteiger partial charge in [0.1, 0.15) is 12.1 Å². The van der Waals surface area contributed by atoms with Gasteiger partial charge in [-0.3, -0.25) is 19.5 Å². The molecule has 11 nitrogen and oxygen atoms in total. The summed E-state index contributed by atoms with van der Waals surface area (Å²) in [7, 11) is 2.46. The Morgan fingerprint density at radius 3 is 2.59 bits per heavy atom. The minimum Gasteiger partial charge on any atom is -0.481 e. The van der Waals surface area contributed by atoms with E-state index in [1.807, 2.05) is 0 Å². The number of fused-ring (bicyclic) bond motifs is 1. The molecule has 4 atom stereocenters. The van der Waals surface area contributed by atoms with Crippen LogP contribution in [0, 0.1) is 30.9 Å². The number of amidine groups is 1. The van der Waals surface area contributed by atoms with Crippen LogP contribution in [-0.2, 0) is 23.9 Å². The van der Waals surface area contributed by atoms with Crippen molar-refractivity contribution in [3.63, 3.8) is 0 Å². The Labute approximate surface area is 266 Å². The highest BCUT2D eigenvalue weighted by Gasteiger charge is 2.61. The van der Waals surface area contributed by atoms with Gasteiger partial charge in [-0.05, 0) is 44.9 Å². The van der Waals surface area contributed by atoms with Gasteiger partial charge in [-0.15, -0.1) is 11.3 Å².